The van der Waals surface area contributed by atoms with Crippen molar-refractivity contribution in [2.24, 2.45) is 0 Å². The lowest BCUT2D eigenvalue weighted by molar-refractivity contribution is 0.0692. The average Bonchev–Trinajstić information content (AvgIpc) is 2.28. The van der Waals surface area contributed by atoms with Gasteiger partial charge in [0.15, 0.2) is 0 Å². The van der Waals surface area contributed by atoms with Crippen LogP contribution in [0.3, 0.4) is 0 Å². The van der Waals surface area contributed by atoms with Gasteiger partial charge in [0.25, 0.3) is 0 Å². The number of carbonyl (C=O) groups is 1. The molecule has 1 aromatic carbocycles. The predicted octanol–water partition coefficient (Wildman–Crippen LogP) is 1.67. The maximum Gasteiger partial charge on any atom is 0.340 e. The first-order valence-corrected chi connectivity index (χ1v) is 5.20. The third kappa shape index (κ3) is 3.28. The molecule has 0 radical (unpaired) electrons. The molecule has 3 N–H and O–H groups in total. The first kappa shape index (κ1) is 13.7. The quantitative estimate of drug-likeness (QED) is 0.709. The molecular formula is C10H10ClF2NO3. The number of aliphatic hydroxyl groups is 1. The van der Waals surface area contributed by atoms with Crippen molar-refractivity contribution in [1.29, 1.82) is 0 Å². The van der Waals surface area contributed by atoms with Crippen LogP contribution in [0.15, 0.2) is 12.1 Å². The molecule has 0 heterocycles. The van der Waals surface area contributed by atoms with E-state index >= 15 is 0 Å². The number of carboxylic acids is 1. The lowest BCUT2D eigenvalue weighted by Gasteiger charge is -2.13. The second kappa shape index (κ2) is 5.79. The van der Waals surface area contributed by atoms with Crippen molar-refractivity contribution in [3.8, 4) is 0 Å². The average molecular weight is 266 g/mol. The van der Waals surface area contributed by atoms with E-state index in [-0.39, 0.29) is 12.4 Å². The second-order valence-corrected chi connectivity index (χ2v) is 3.58. The summed E-state index contributed by atoms with van der Waals surface area (Å²) < 4.78 is 26.5. The summed E-state index contributed by atoms with van der Waals surface area (Å²) in [5.41, 5.74) is -1.30. The molecule has 0 fully saturated rings. The summed E-state index contributed by atoms with van der Waals surface area (Å²) in [5, 5.41) is 20.2. The molecule has 0 aliphatic rings. The van der Waals surface area contributed by atoms with Crippen molar-refractivity contribution >= 4 is 23.3 Å². The van der Waals surface area contributed by atoms with Crippen molar-refractivity contribution < 1.29 is 23.8 Å². The number of rotatable bonds is 5. The van der Waals surface area contributed by atoms with E-state index < -0.39 is 35.0 Å². The zero-order valence-electron chi connectivity index (χ0n) is 8.58. The van der Waals surface area contributed by atoms with E-state index in [1.807, 2.05) is 0 Å². The van der Waals surface area contributed by atoms with E-state index in [9.17, 15) is 13.6 Å². The molecule has 4 nitrogen and oxygen atoms in total. The lowest BCUT2D eigenvalue weighted by atomic mass is 10.1. The number of benzene rings is 1. The largest absolute Gasteiger partial charge is 0.478 e. The molecule has 0 saturated carbocycles. The molecular weight excluding hydrogens is 256 g/mol. The van der Waals surface area contributed by atoms with E-state index in [4.69, 9.17) is 21.8 Å². The van der Waals surface area contributed by atoms with Gasteiger partial charge in [-0.3, -0.25) is 0 Å². The number of hydrogen-bond acceptors (Lipinski definition) is 3. The number of alkyl halides is 1. The Morgan fingerprint density at radius 2 is 2.00 bits per heavy atom. The second-order valence-electron chi connectivity index (χ2n) is 3.27. The third-order valence-electron chi connectivity index (χ3n) is 2.01. The Morgan fingerprint density at radius 3 is 2.53 bits per heavy atom. The Labute approximate surface area is 101 Å². The summed E-state index contributed by atoms with van der Waals surface area (Å²) in [6.07, 6.45) is -0.985. The lowest BCUT2D eigenvalue weighted by Crippen LogP contribution is -2.23. The van der Waals surface area contributed by atoms with Crippen LogP contribution in [0.2, 0.25) is 0 Å². The highest BCUT2D eigenvalue weighted by atomic mass is 35.5. The summed E-state index contributed by atoms with van der Waals surface area (Å²) in [6, 6.07) is 1.53. The van der Waals surface area contributed by atoms with Crippen LogP contribution in [0.5, 0.6) is 0 Å². The molecule has 0 aliphatic heterocycles. The van der Waals surface area contributed by atoms with Crippen LogP contribution < -0.4 is 5.32 Å². The number of aliphatic hydroxyl groups excluding tert-OH is 1. The van der Waals surface area contributed by atoms with Gasteiger partial charge in [0.2, 0.25) is 0 Å². The van der Waals surface area contributed by atoms with E-state index in [2.05, 4.69) is 5.32 Å². The predicted molar refractivity (Wildman–Crippen MR) is 58.5 cm³/mol. The molecule has 1 aromatic rings. The van der Waals surface area contributed by atoms with Gasteiger partial charge in [-0.15, -0.1) is 11.6 Å². The van der Waals surface area contributed by atoms with Crippen LogP contribution in [0.25, 0.3) is 0 Å². The number of nitrogens with one attached hydrogen (secondary N) is 1. The molecule has 1 unspecified atom stereocenters. The van der Waals surface area contributed by atoms with Crippen LogP contribution in [-0.4, -0.2) is 34.7 Å². The van der Waals surface area contributed by atoms with Gasteiger partial charge in [-0.25, -0.2) is 13.6 Å². The van der Waals surface area contributed by atoms with Crippen LogP contribution in [0, 0.1) is 11.6 Å². The minimum Gasteiger partial charge on any atom is -0.478 e. The fourth-order valence-corrected chi connectivity index (χ4v) is 1.32. The fourth-order valence-electron chi connectivity index (χ4n) is 1.21. The van der Waals surface area contributed by atoms with Crippen molar-refractivity contribution in [1.82, 2.24) is 0 Å². The van der Waals surface area contributed by atoms with Crippen molar-refractivity contribution in [3.05, 3.63) is 29.3 Å². The minimum atomic E-state index is -1.59. The van der Waals surface area contributed by atoms with Gasteiger partial charge in [0, 0.05) is 6.54 Å². The van der Waals surface area contributed by atoms with Gasteiger partial charge in [-0.1, -0.05) is 0 Å². The summed E-state index contributed by atoms with van der Waals surface area (Å²) in [6.45, 7) is -0.176. The molecule has 1 rings (SSSR count). The van der Waals surface area contributed by atoms with E-state index in [1.165, 1.54) is 0 Å². The minimum absolute atomic E-state index is 0.105. The number of aromatic carboxylic acids is 1. The zero-order chi connectivity index (χ0) is 13.0. The SMILES string of the molecule is O=C(O)c1c(F)ccc(F)c1NCC(O)CCl. The first-order chi connectivity index (χ1) is 7.97. The van der Waals surface area contributed by atoms with Gasteiger partial charge in [0.1, 0.15) is 17.2 Å². The Hall–Kier alpha value is -1.40. The van der Waals surface area contributed by atoms with E-state index in [0.717, 1.165) is 12.1 Å². The molecule has 0 saturated heterocycles. The molecule has 0 aromatic heterocycles. The zero-order valence-corrected chi connectivity index (χ0v) is 9.34. The molecule has 17 heavy (non-hydrogen) atoms. The Kier molecular flexibility index (Phi) is 4.65. The fraction of sp³-hybridized carbons (Fsp3) is 0.300. The highest BCUT2D eigenvalue weighted by molar-refractivity contribution is 6.18. The van der Waals surface area contributed by atoms with Gasteiger partial charge < -0.3 is 15.5 Å². The third-order valence-corrected chi connectivity index (χ3v) is 2.37. The molecule has 7 heteroatoms. The normalized spacial score (nSPS) is 12.2. The standard InChI is InChI=1S/C10H10ClF2NO3/c11-3-5(15)4-14-9-7(13)2-1-6(12)8(9)10(16)17/h1-2,5,14-15H,3-4H2,(H,16,17). The van der Waals surface area contributed by atoms with E-state index in [0.29, 0.717) is 0 Å². The maximum absolute atomic E-state index is 13.3. The van der Waals surface area contributed by atoms with Crippen LogP contribution >= 0.6 is 11.6 Å². The van der Waals surface area contributed by atoms with Gasteiger partial charge in [-0.2, -0.15) is 0 Å². The van der Waals surface area contributed by atoms with Crippen molar-refractivity contribution in [2.75, 3.05) is 17.7 Å². The van der Waals surface area contributed by atoms with Crippen molar-refractivity contribution in [2.45, 2.75) is 6.10 Å². The van der Waals surface area contributed by atoms with Gasteiger partial charge in [-0.05, 0) is 12.1 Å². The Bertz CT molecular complexity index is 428. The van der Waals surface area contributed by atoms with Gasteiger partial charge >= 0.3 is 5.97 Å². The monoisotopic (exact) mass is 265 g/mol. The number of anilines is 1. The number of carboxylic acid groups (broad SMARTS) is 1. The summed E-state index contributed by atoms with van der Waals surface area (Å²) in [4.78, 5) is 10.8. The summed E-state index contributed by atoms with van der Waals surface area (Å²) >= 11 is 5.32. The number of halogens is 3. The smallest absolute Gasteiger partial charge is 0.340 e. The Balaban J connectivity index is 3.04. The molecule has 0 amide bonds. The molecule has 0 spiro atoms. The van der Waals surface area contributed by atoms with Crippen LogP contribution in [0.1, 0.15) is 10.4 Å². The first-order valence-electron chi connectivity index (χ1n) is 4.66. The van der Waals surface area contributed by atoms with Gasteiger partial charge in [0.05, 0.1) is 17.7 Å². The molecule has 0 bridgehead atoms. The van der Waals surface area contributed by atoms with Crippen LogP contribution in [-0.2, 0) is 0 Å². The topological polar surface area (TPSA) is 69.6 Å². The van der Waals surface area contributed by atoms with Crippen molar-refractivity contribution in [3.63, 3.8) is 0 Å². The molecule has 94 valence electrons. The number of hydrogen-bond donors (Lipinski definition) is 3. The molecule has 0 aliphatic carbocycles. The summed E-state index contributed by atoms with van der Waals surface area (Å²) in [7, 11) is 0. The highest BCUT2D eigenvalue weighted by Gasteiger charge is 2.20. The summed E-state index contributed by atoms with van der Waals surface area (Å²) in [5.74, 6) is -3.66. The Morgan fingerprint density at radius 1 is 1.41 bits per heavy atom. The van der Waals surface area contributed by atoms with Crippen LogP contribution in [0.4, 0.5) is 14.5 Å². The molecule has 1 atom stereocenters. The highest BCUT2D eigenvalue weighted by Crippen LogP contribution is 2.23. The van der Waals surface area contributed by atoms with E-state index in [1.54, 1.807) is 0 Å². The maximum atomic E-state index is 13.3.